The van der Waals surface area contributed by atoms with E-state index in [0.29, 0.717) is 0 Å². The van der Waals surface area contributed by atoms with Gasteiger partial charge in [-0.15, -0.1) is 0 Å². The highest BCUT2D eigenvalue weighted by atomic mass is 35.5. The van der Waals surface area contributed by atoms with Crippen molar-refractivity contribution in [2.45, 2.75) is 0 Å². The SMILES string of the molecule is N#C/C(=C\c1ccc(-c2ccc(Cl)cc2[N+](=O)[O-])o1)C(=O)c1ccco1. The molecule has 0 aliphatic rings. The van der Waals surface area contributed by atoms with Crippen molar-refractivity contribution in [1.29, 1.82) is 5.26 Å². The van der Waals surface area contributed by atoms with Crippen LogP contribution >= 0.6 is 11.6 Å². The monoisotopic (exact) mass is 368 g/mol. The number of benzene rings is 1. The maximum Gasteiger partial charge on any atom is 0.281 e. The van der Waals surface area contributed by atoms with E-state index in [4.69, 9.17) is 20.4 Å². The van der Waals surface area contributed by atoms with Crippen molar-refractivity contribution in [3.05, 3.63) is 81.0 Å². The lowest BCUT2D eigenvalue weighted by atomic mass is 10.1. The summed E-state index contributed by atoms with van der Waals surface area (Å²) < 4.78 is 10.5. The van der Waals surface area contributed by atoms with E-state index in [1.807, 2.05) is 0 Å². The number of nitrogens with zero attached hydrogens (tertiary/aromatic N) is 2. The van der Waals surface area contributed by atoms with Crippen LogP contribution in [0, 0.1) is 21.4 Å². The predicted octanol–water partition coefficient (Wildman–Crippen LogP) is 4.89. The molecule has 0 unspecified atom stereocenters. The van der Waals surface area contributed by atoms with Gasteiger partial charge in [0, 0.05) is 17.2 Å². The largest absolute Gasteiger partial charge is 0.461 e. The maximum atomic E-state index is 12.2. The normalized spacial score (nSPS) is 11.2. The van der Waals surface area contributed by atoms with Crippen LogP contribution in [0.5, 0.6) is 0 Å². The number of furan rings is 2. The van der Waals surface area contributed by atoms with E-state index in [9.17, 15) is 20.2 Å². The number of rotatable bonds is 5. The van der Waals surface area contributed by atoms with E-state index in [1.54, 1.807) is 6.07 Å². The number of nitriles is 1. The number of halogens is 1. The smallest absolute Gasteiger partial charge is 0.281 e. The van der Waals surface area contributed by atoms with Gasteiger partial charge < -0.3 is 8.83 Å². The first kappa shape index (κ1) is 17.2. The highest BCUT2D eigenvalue weighted by Gasteiger charge is 2.20. The number of hydrogen-bond donors (Lipinski definition) is 0. The van der Waals surface area contributed by atoms with Crippen LogP contribution in [0.4, 0.5) is 5.69 Å². The fourth-order valence-corrected chi connectivity index (χ4v) is 2.44. The van der Waals surface area contributed by atoms with Gasteiger partial charge in [0.15, 0.2) is 5.76 Å². The quantitative estimate of drug-likeness (QED) is 0.208. The summed E-state index contributed by atoms with van der Waals surface area (Å²) in [6, 6.07) is 12.0. The first-order valence-corrected chi connectivity index (χ1v) is 7.61. The first-order valence-electron chi connectivity index (χ1n) is 7.23. The molecular weight excluding hydrogens is 360 g/mol. The number of carbonyl (C=O) groups excluding carboxylic acids is 1. The Balaban J connectivity index is 1.97. The molecule has 0 atom stereocenters. The second-order valence-electron chi connectivity index (χ2n) is 5.10. The molecule has 8 heteroatoms. The molecule has 0 spiro atoms. The van der Waals surface area contributed by atoms with Crippen molar-refractivity contribution in [3.8, 4) is 17.4 Å². The van der Waals surface area contributed by atoms with Crippen LogP contribution in [0.25, 0.3) is 17.4 Å². The number of allylic oxidation sites excluding steroid dienone is 1. The van der Waals surface area contributed by atoms with Gasteiger partial charge in [0.1, 0.15) is 23.2 Å². The number of nitro groups is 1. The summed E-state index contributed by atoms with van der Waals surface area (Å²) >= 11 is 5.80. The average molecular weight is 369 g/mol. The molecule has 1 aromatic carbocycles. The number of carbonyl (C=O) groups is 1. The van der Waals surface area contributed by atoms with Crippen molar-refractivity contribution < 1.29 is 18.6 Å². The first-order chi connectivity index (χ1) is 12.5. The zero-order valence-corrected chi connectivity index (χ0v) is 13.8. The third-order valence-electron chi connectivity index (χ3n) is 3.45. The summed E-state index contributed by atoms with van der Waals surface area (Å²) in [7, 11) is 0. The lowest BCUT2D eigenvalue weighted by Crippen LogP contribution is -1.99. The van der Waals surface area contributed by atoms with Crippen molar-refractivity contribution in [2.24, 2.45) is 0 Å². The van der Waals surface area contributed by atoms with Gasteiger partial charge in [0.25, 0.3) is 5.69 Å². The molecule has 128 valence electrons. The van der Waals surface area contributed by atoms with Crippen molar-refractivity contribution in [2.75, 3.05) is 0 Å². The van der Waals surface area contributed by atoms with E-state index >= 15 is 0 Å². The number of hydrogen-bond acceptors (Lipinski definition) is 6. The second kappa shape index (κ2) is 7.09. The molecule has 3 aromatic rings. The summed E-state index contributed by atoms with van der Waals surface area (Å²) in [4.78, 5) is 22.8. The second-order valence-corrected chi connectivity index (χ2v) is 5.53. The van der Waals surface area contributed by atoms with Crippen molar-refractivity contribution in [3.63, 3.8) is 0 Å². The molecule has 0 aliphatic heterocycles. The van der Waals surface area contributed by atoms with Gasteiger partial charge in [-0.25, -0.2) is 0 Å². The van der Waals surface area contributed by atoms with Gasteiger partial charge >= 0.3 is 0 Å². The lowest BCUT2D eigenvalue weighted by Gasteiger charge is -2.00. The van der Waals surface area contributed by atoms with Gasteiger partial charge in [-0.2, -0.15) is 5.26 Å². The maximum absolute atomic E-state index is 12.2. The Bertz CT molecular complexity index is 1060. The Hall–Kier alpha value is -3.63. The Labute approximate surface area is 151 Å². The van der Waals surface area contributed by atoms with Crippen LogP contribution in [-0.2, 0) is 0 Å². The summed E-state index contributed by atoms with van der Waals surface area (Å²) in [6.07, 6.45) is 2.57. The number of Topliss-reactive ketones (excluding diaryl/α,β-unsaturated/α-hetero) is 1. The topological polar surface area (TPSA) is 110 Å². The Morgan fingerprint density at radius 2 is 2.08 bits per heavy atom. The van der Waals surface area contributed by atoms with Gasteiger partial charge in [-0.3, -0.25) is 14.9 Å². The molecule has 0 bridgehead atoms. The Kier molecular flexibility index (Phi) is 4.69. The Morgan fingerprint density at radius 1 is 1.27 bits per heavy atom. The fraction of sp³-hybridized carbons (Fsp3) is 0. The molecule has 2 heterocycles. The highest BCUT2D eigenvalue weighted by molar-refractivity contribution is 6.30. The zero-order chi connectivity index (χ0) is 18.7. The summed E-state index contributed by atoms with van der Waals surface area (Å²) in [5, 5.41) is 20.6. The summed E-state index contributed by atoms with van der Waals surface area (Å²) in [5.74, 6) is -0.158. The van der Waals surface area contributed by atoms with Gasteiger partial charge in [-0.1, -0.05) is 11.6 Å². The standard InChI is InChI=1S/C18H9ClN2O5/c19-12-3-5-14(15(9-12)21(23)24)16-6-4-13(26-16)8-11(10-20)18(22)17-2-1-7-25-17/h1-9H/b11-8+. The molecular formula is C18H9ClN2O5. The van der Waals surface area contributed by atoms with Gasteiger partial charge in [0.2, 0.25) is 5.78 Å². The third kappa shape index (κ3) is 3.41. The van der Waals surface area contributed by atoms with E-state index in [2.05, 4.69) is 0 Å². The molecule has 0 aliphatic carbocycles. The van der Waals surface area contributed by atoms with Crippen LogP contribution in [0.15, 0.2) is 63.1 Å². The van der Waals surface area contributed by atoms with E-state index < -0.39 is 10.7 Å². The molecule has 0 N–H and O–H groups in total. The van der Waals surface area contributed by atoms with Crippen LogP contribution in [0.2, 0.25) is 5.02 Å². The molecule has 2 aromatic heterocycles. The summed E-state index contributed by atoms with van der Waals surface area (Å²) in [5.41, 5.74) is -0.170. The van der Waals surface area contributed by atoms with Crippen LogP contribution in [0.1, 0.15) is 16.3 Å². The molecule has 7 nitrogen and oxygen atoms in total. The number of nitro benzene ring substituents is 1. The van der Waals surface area contributed by atoms with Crippen LogP contribution in [-0.4, -0.2) is 10.7 Å². The van der Waals surface area contributed by atoms with Crippen LogP contribution in [0.3, 0.4) is 0 Å². The molecule has 0 amide bonds. The van der Waals surface area contributed by atoms with Crippen LogP contribution < -0.4 is 0 Å². The third-order valence-corrected chi connectivity index (χ3v) is 3.68. The average Bonchev–Trinajstić information content (AvgIpc) is 3.31. The van der Waals surface area contributed by atoms with Gasteiger partial charge in [-0.05, 0) is 36.4 Å². The van der Waals surface area contributed by atoms with E-state index in [1.165, 1.54) is 54.8 Å². The van der Waals surface area contributed by atoms with E-state index in [0.717, 1.165) is 0 Å². The Morgan fingerprint density at radius 3 is 2.73 bits per heavy atom. The van der Waals surface area contributed by atoms with Crippen molar-refractivity contribution in [1.82, 2.24) is 0 Å². The minimum absolute atomic E-state index is 0.0259. The molecule has 0 radical (unpaired) electrons. The highest BCUT2D eigenvalue weighted by Crippen LogP contribution is 2.33. The molecule has 0 saturated heterocycles. The fourth-order valence-electron chi connectivity index (χ4n) is 2.27. The zero-order valence-electron chi connectivity index (χ0n) is 13.0. The molecule has 26 heavy (non-hydrogen) atoms. The summed E-state index contributed by atoms with van der Waals surface area (Å²) in [6.45, 7) is 0. The minimum atomic E-state index is -0.590. The number of ketones is 1. The molecule has 3 rings (SSSR count). The lowest BCUT2D eigenvalue weighted by molar-refractivity contribution is -0.384. The van der Waals surface area contributed by atoms with Crippen molar-refractivity contribution >= 4 is 29.1 Å². The molecule has 0 fully saturated rings. The predicted molar refractivity (Wildman–Crippen MR) is 92.4 cm³/mol. The van der Waals surface area contributed by atoms with Gasteiger partial charge in [0.05, 0.1) is 16.7 Å². The minimum Gasteiger partial charge on any atom is -0.461 e. The van der Waals surface area contributed by atoms with E-state index in [-0.39, 0.29) is 39.1 Å². The molecule has 0 saturated carbocycles.